The van der Waals surface area contributed by atoms with Crippen molar-refractivity contribution in [2.45, 2.75) is 11.3 Å². The summed E-state index contributed by atoms with van der Waals surface area (Å²) in [6.07, 6.45) is 0.838. The molecule has 1 aromatic rings. The molecule has 1 heterocycles. The van der Waals surface area contributed by atoms with E-state index >= 15 is 0 Å². The van der Waals surface area contributed by atoms with Crippen molar-refractivity contribution in [1.29, 1.82) is 0 Å². The Morgan fingerprint density at radius 2 is 2.41 bits per heavy atom. The molecule has 1 aromatic heterocycles. The topological polar surface area (TPSA) is 84.4 Å². The summed E-state index contributed by atoms with van der Waals surface area (Å²) in [5, 5.41) is 10.1. The number of aromatic nitrogens is 2. The number of rotatable bonds is 8. The van der Waals surface area contributed by atoms with Gasteiger partial charge in [-0.2, -0.15) is 0 Å². The van der Waals surface area contributed by atoms with Crippen molar-refractivity contribution in [3.8, 4) is 0 Å². The molecule has 0 spiro atoms. The number of ether oxygens (including phenoxy) is 2. The number of aliphatic hydroxyl groups excluding tert-OH is 1. The number of nitrogens with one attached hydrogen (secondary N) is 1. The number of thioether (sulfide) groups is 1. The van der Waals surface area contributed by atoms with E-state index in [9.17, 15) is 9.90 Å². The van der Waals surface area contributed by atoms with E-state index in [1.54, 1.807) is 7.11 Å². The van der Waals surface area contributed by atoms with E-state index in [1.807, 2.05) is 0 Å². The van der Waals surface area contributed by atoms with Crippen LogP contribution in [0.5, 0.6) is 0 Å². The zero-order chi connectivity index (χ0) is 12.5. The van der Waals surface area contributed by atoms with Gasteiger partial charge in [-0.1, -0.05) is 11.8 Å². The summed E-state index contributed by atoms with van der Waals surface area (Å²) in [5.41, 5.74) is -0.201. The van der Waals surface area contributed by atoms with Crippen LogP contribution in [0.2, 0.25) is 0 Å². The molecule has 2 N–H and O–H groups in total. The lowest BCUT2D eigenvalue weighted by atomic mass is 10.4. The highest BCUT2D eigenvalue weighted by Gasteiger charge is 2.06. The smallest absolute Gasteiger partial charge is 0.251 e. The van der Waals surface area contributed by atoms with Gasteiger partial charge >= 0.3 is 0 Å². The zero-order valence-corrected chi connectivity index (χ0v) is 10.4. The van der Waals surface area contributed by atoms with E-state index in [0.717, 1.165) is 0 Å². The Kier molecular flexibility index (Phi) is 6.87. The fourth-order valence-electron chi connectivity index (χ4n) is 1.01. The number of methoxy groups -OCH3 is 1. The van der Waals surface area contributed by atoms with Gasteiger partial charge < -0.3 is 19.6 Å². The fraction of sp³-hybridized carbons (Fsp3) is 0.600. The summed E-state index contributed by atoms with van der Waals surface area (Å²) >= 11 is 1.28. The highest BCUT2D eigenvalue weighted by Crippen LogP contribution is 2.11. The number of nitrogens with zero attached hydrogens (tertiary/aromatic N) is 1. The summed E-state index contributed by atoms with van der Waals surface area (Å²) < 4.78 is 9.97. The minimum atomic E-state index is -0.595. The first kappa shape index (κ1) is 14.2. The van der Waals surface area contributed by atoms with Crippen LogP contribution in [0.1, 0.15) is 0 Å². The standard InChI is InChI=1S/C10H16N2O4S/c1-15-4-5-16-6-8(13)7-17-10-11-3-2-9(14)12-10/h2-3,8,13H,4-7H2,1H3,(H,11,12,14). The van der Waals surface area contributed by atoms with Crippen molar-refractivity contribution in [3.63, 3.8) is 0 Å². The van der Waals surface area contributed by atoms with Gasteiger partial charge in [0.25, 0.3) is 5.56 Å². The fourth-order valence-corrected chi connectivity index (χ4v) is 1.76. The zero-order valence-electron chi connectivity index (χ0n) is 9.59. The molecule has 7 heteroatoms. The lowest BCUT2D eigenvalue weighted by Gasteiger charge is -2.10. The first-order valence-corrected chi connectivity index (χ1v) is 6.14. The molecule has 0 fully saturated rings. The third-order valence-electron chi connectivity index (χ3n) is 1.80. The maximum Gasteiger partial charge on any atom is 0.251 e. The van der Waals surface area contributed by atoms with Crippen molar-refractivity contribution < 1.29 is 14.6 Å². The molecule has 1 unspecified atom stereocenters. The minimum absolute atomic E-state index is 0.201. The third kappa shape index (κ3) is 6.42. The van der Waals surface area contributed by atoms with Crippen LogP contribution in [0.4, 0.5) is 0 Å². The molecule has 0 aliphatic rings. The summed E-state index contributed by atoms with van der Waals surface area (Å²) in [4.78, 5) is 17.5. The minimum Gasteiger partial charge on any atom is -0.390 e. The van der Waals surface area contributed by atoms with E-state index in [0.29, 0.717) is 24.1 Å². The van der Waals surface area contributed by atoms with Gasteiger partial charge in [-0.15, -0.1) is 0 Å². The van der Waals surface area contributed by atoms with Gasteiger partial charge in [0.1, 0.15) is 0 Å². The number of H-pyrrole nitrogens is 1. The summed E-state index contributed by atoms with van der Waals surface area (Å²) in [6.45, 7) is 1.21. The molecule has 0 amide bonds. The molecule has 1 rings (SSSR count). The Hall–Kier alpha value is -0.890. The molecule has 1 atom stereocenters. The van der Waals surface area contributed by atoms with Crippen LogP contribution in [0.25, 0.3) is 0 Å². The molecule has 0 aliphatic heterocycles. The number of hydrogen-bond acceptors (Lipinski definition) is 6. The molecule has 0 saturated heterocycles. The second kappa shape index (κ2) is 8.24. The Bertz CT molecular complexity index is 371. The van der Waals surface area contributed by atoms with Gasteiger partial charge in [0.05, 0.1) is 25.9 Å². The lowest BCUT2D eigenvalue weighted by Crippen LogP contribution is -2.20. The van der Waals surface area contributed by atoms with Crippen molar-refractivity contribution >= 4 is 11.8 Å². The van der Waals surface area contributed by atoms with Crippen molar-refractivity contribution in [1.82, 2.24) is 9.97 Å². The monoisotopic (exact) mass is 260 g/mol. The van der Waals surface area contributed by atoms with Crippen LogP contribution in [0.3, 0.4) is 0 Å². The van der Waals surface area contributed by atoms with Crippen LogP contribution in [-0.2, 0) is 9.47 Å². The van der Waals surface area contributed by atoms with Crippen LogP contribution < -0.4 is 5.56 Å². The van der Waals surface area contributed by atoms with Gasteiger partial charge in [-0.25, -0.2) is 4.98 Å². The molecule has 17 heavy (non-hydrogen) atoms. The second-order valence-electron chi connectivity index (χ2n) is 3.27. The maximum absolute atomic E-state index is 11.0. The number of aromatic amines is 1. The molecule has 0 aromatic carbocycles. The first-order valence-electron chi connectivity index (χ1n) is 5.15. The average molecular weight is 260 g/mol. The normalized spacial score (nSPS) is 12.6. The summed E-state index contributed by atoms with van der Waals surface area (Å²) in [7, 11) is 1.59. The molecular weight excluding hydrogens is 244 g/mol. The Morgan fingerprint density at radius 1 is 1.59 bits per heavy atom. The Labute approximate surface area is 103 Å². The SMILES string of the molecule is COCCOCC(O)CSc1nccc(=O)[nH]1. The van der Waals surface area contributed by atoms with Gasteiger partial charge in [0.2, 0.25) is 0 Å². The maximum atomic E-state index is 11.0. The molecule has 0 saturated carbocycles. The van der Waals surface area contributed by atoms with Gasteiger partial charge in [-0.3, -0.25) is 4.79 Å². The van der Waals surface area contributed by atoms with Gasteiger partial charge in [-0.05, 0) is 0 Å². The number of hydrogen-bond donors (Lipinski definition) is 2. The second-order valence-corrected chi connectivity index (χ2v) is 4.28. The first-order chi connectivity index (χ1) is 8.22. The largest absolute Gasteiger partial charge is 0.390 e. The quantitative estimate of drug-likeness (QED) is 0.385. The van der Waals surface area contributed by atoms with Crippen molar-refractivity contribution in [2.24, 2.45) is 0 Å². The van der Waals surface area contributed by atoms with E-state index in [-0.39, 0.29) is 12.2 Å². The van der Waals surface area contributed by atoms with E-state index < -0.39 is 6.10 Å². The predicted molar refractivity (Wildman–Crippen MR) is 64.3 cm³/mol. The lowest BCUT2D eigenvalue weighted by molar-refractivity contribution is 0.0218. The highest BCUT2D eigenvalue weighted by atomic mass is 32.2. The molecule has 0 bridgehead atoms. The molecular formula is C10H16N2O4S. The van der Waals surface area contributed by atoms with Crippen LogP contribution in [0, 0.1) is 0 Å². The average Bonchev–Trinajstić information content (AvgIpc) is 2.32. The summed E-state index contributed by atoms with van der Waals surface area (Å²) in [5.74, 6) is 0.417. The molecule has 6 nitrogen and oxygen atoms in total. The molecule has 96 valence electrons. The van der Waals surface area contributed by atoms with Crippen LogP contribution in [0.15, 0.2) is 22.2 Å². The van der Waals surface area contributed by atoms with Crippen molar-refractivity contribution in [2.75, 3.05) is 32.7 Å². The van der Waals surface area contributed by atoms with Gasteiger partial charge in [0.15, 0.2) is 5.16 Å². The van der Waals surface area contributed by atoms with E-state index in [4.69, 9.17) is 9.47 Å². The van der Waals surface area contributed by atoms with E-state index in [2.05, 4.69) is 9.97 Å². The van der Waals surface area contributed by atoms with Gasteiger partial charge in [0, 0.05) is 25.1 Å². The third-order valence-corrected chi connectivity index (χ3v) is 2.83. The highest BCUT2D eigenvalue weighted by molar-refractivity contribution is 7.99. The predicted octanol–water partition coefficient (Wildman–Crippen LogP) is -0.114. The van der Waals surface area contributed by atoms with Crippen molar-refractivity contribution in [3.05, 3.63) is 22.6 Å². The van der Waals surface area contributed by atoms with Crippen LogP contribution >= 0.6 is 11.8 Å². The molecule has 0 aliphatic carbocycles. The van der Waals surface area contributed by atoms with Crippen LogP contribution in [-0.4, -0.2) is 53.9 Å². The Morgan fingerprint density at radius 3 is 3.12 bits per heavy atom. The van der Waals surface area contributed by atoms with E-state index in [1.165, 1.54) is 24.0 Å². The number of aliphatic hydroxyl groups is 1. The summed E-state index contributed by atoms with van der Waals surface area (Å²) in [6, 6.07) is 1.34. The Balaban J connectivity index is 2.19. The molecule has 0 radical (unpaired) electrons.